The van der Waals surface area contributed by atoms with Crippen molar-refractivity contribution in [3.05, 3.63) is 60.1 Å². The van der Waals surface area contributed by atoms with Gasteiger partial charge in [0, 0.05) is 30.1 Å². The number of aromatic nitrogens is 2. The van der Waals surface area contributed by atoms with Gasteiger partial charge >= 0.3 is 0 Å². The second kappa shape index (κ2) is 7.15. The lowest BCUT2D eigenvalue weighted by Crippen LogP contribution is -2.28. The minimum atomic E-state index is -0.0319. The van der Waals surface area contributed by atoms with Gasteiger partial charge in [0.25, 0.3) is 0 Å². The maximum absolute atomic E-state index is 12.4. The first-order valence-corrected chi connectivity index (χ1v) is 8.88. The van der Waals surface area contributed by atoms with Gasteiger partial charge in [0.1, 0.15) is 17.2 Å². The number of nitrogens with one attached hydrogen (secondary N) is 1. The lowest BCUT2D eigenvalue weighted by molar-refractivity contribution is -0.120. The molecule has 0 aliphatic heterocycles. The number of carbonyl (C=O) groups excluding carboxylic acids is 1. The number of fused-ring (bicyclic) bond motifs is 2. The third-order valence-corrected chi connectivity index (χ3v) is 4.72. The Balaban J connectivity index is 1.39. The van der Waals surface area contributed by atoms with Gasteiger partial charge in [-0.2, -0.15) is 0 Å². The highest BCUT2D eigenvalue weighted by Crippen LogP contribution is 2.25. The highest BCUT2D eigenvalue weighted by atomic mass is 16.5. The van der Waals surface area contributed by atoms with Gasteiger partial charge in [-0.25, -0.2) is 4.98 Å². The fraction of sp³-hybridized carbons (Fsp3) is 0.238. The summed E-state index contributed by atoms with van der Waals surface area (Å²) in [6.45, 7) is 3.21. The molecule has 0 bridgehead atoms. The predicted octanol–water partition coefficient (Wildman–Crippen LogP) is 3.46. The predicted molar refractivity (Wildman–Crippen MR) is 104 cm³/mol. The van der Waals surface area contributed by atoms with Crippen molar-refractivity contribution < 1.29 is 13.9 Å². The number of rotatable bonds is 6. The van der Waals surface area contributed by atoms with Gasteiger partial charge in [0.05, 0.1) is 30.8 Å². The topological polar surface area (TPSA) is 69.3 Å². The third-order valence-electron chi connectivity index (χ3n) is 4.72. The van der Waals surface area contributed by atoms with Crippen molar-refractivity contribution in [1.82, 2.24) is 14.9 Å². The first kappa shape index (κ1) is 17.1. The molecule has 27 heavy (non-hydrogen) atoms. The number of ether oxygens (including phenoxy) is 1. The number of benzene rings is 2. The van der Waals surface area contributed by atoms with Crippen LogP contribution < -0.4 is 10.1 Å². The largest absolute Gasteiger partial charge is 0.497 e. The molecule has 0 aliphatic carbocycles. The summed E-state index contributed by atoms with van der Waals surface area (Å²) in [6.07, 6.45) is 1.92. The molecule has 4 rings (SSSR count). The van der Waals surface area contributed by atoms with Gasteiger partial charge in [-0.1, -0.05) is 12.1 Å². The van der Waals surface area contributed by atoms with E-state index in [1.807, 2.05) is 49.4 Å². The van der Waals surface area contributed by atoms with Crippen LogP contribution in [0.5, 0.6) is 5.75 Å². The molecule has 1 amide bonds. The molecule has 2 aromatic carbocycles. The zero-order chi connectivity index (χ0) is 18.8. The van der Waals surface area contributed by atoms with Crippen LogP contribution in [0.25, 0.3) is 22.0 Å². The van der Waals surface area contributed by atoms with E-state index < -0.39 is 0 Å². The molecule has 1 N–H and O–H groups in total. The van der Waals surface area contributed by atoms with E-state index in [9.17, 15) is 4.79 Å². The maximum Gasteiger partial charge on any atom is 0.224 e. The molecule has 0 fully saturated rings. The summed E-state index contributed by atoms with van der Waals surface area (Å²) in [5, 5.41) is 3.92. The Hall–Kier alpha value is -3.28. The molecular formula is C21H21N3O3. The van der Waals surface area contributed by atoms with E-state index in [4.69, 9.17) is 9.15 Å². The average molecular weight is 363 g/mol. The first-order valence-electron chi connectivity index (χ1n) is 8.88. The molecule has 0 saturated carbocycles. The van der Waals surface area contributed by atoms with E-state index in [-0.39, 0.29) is 12.3 Å². The number of nitrogens with zero attached hydrogens (tertiary/aromatic N) is 2. The number of furan rings is 1. The van der Waals surface area contributed by atoms with E-state index in [1.165, 1.54) is 0 Å². The number of aryl methyl sites for hydroxylation is 1. The lowest BCUT2D eigenvalue weighted by Gasteiger charge is -2.08. The number of amides is 1. The van der Waals surface area contributed by atoms with Gasteiger partial charge in [0.15, 0.2) is 0 Å². The van der Waals surface area contributed by atoms with Crippen LogP contribution in [0.3, 0.4) is 0 Å². The monoisotopic (exact) mass is 363 g/mol. The summed E-state index contributed by atoms with van der Waals surface area (Å²) >= 11 is 0. The number of imidazole rings is 1. The van der Waals surface area contributed by atoms with Crippen molar-refractivity contribution >= 4 is 27.9 Å². The molecule has 2 aromatic heterocycles. The maximum atomic E-state index is 12.4. The molecule has 138 valence electrons. The van der Waals surface area contributed by atoms with Crippen molar-refractivity contribution in [3.63, 3.8) is 0 Å². The van der Waals surface area contributed by atoms with E-state index in [2.05, 4.69) is 14.9 Å². The van der Waals surface area contributed by atoms with E-state index >= 15 is 0 Å². The van der Waals surface area contributed by atoms with Crippen LogP contribution in [0.2, 0.25) is 0 Å². The Morgan fingerprint density at radius 3 is 2.96 bits per heavy atom. The molecule has 4 aromatic rings. The molecule has 0 atom stereocenters. The summed E-state index contributed by atoms with van der Waals surface area (Å²) in [7, 11) is 1.61. The van der Waals surface area contributed by atoms with Gasteiger partial charge in [0.2, 0.25) is 5.91 Å². The number of carbonyl (C=O) groups is 1. The normalized spacial score (nSPS) is 11.2. The Morgan fingerprint density at radius 1 is 1.26 bits per heavy atom. The van der Waals surface area contributed by atoms with Crippen LogP contribution >= 0.6 is 0 Å². The highest BCUT2D eigenvalue weighted by Gasteiger charge is 2.12. The standard InChI is InChI=1S/C21H21N3O3/c1-14-23-18-5-3-4-6-19(18)24(14)10-9-22-21(25)11-15-13-27-20-12-16(26-2)7-8-17(15)20/h3-8,12-13H,9-11H2,1-2H3,(H,22,25). The average Bonchev–Trinajstić information content (AvgIpc) is 3.22. The molecule has 0 aliphatic rings. The van der Waals surface area contributed by atoms with Crippen LogP contribution in [0.15, 0.2) is 53.1 Å². The summed E-state index contributed by atoms with van der Waals surface area (Å²) in [4.78, 5) is 16.9. The zero-order valence-electron chi connectivity index (χ0n) is 15.4. The lowest BCUT2D eigenvalue weighted by atomic mass is 10.1. The Morgan fingerprint density at radius 2 is 2.11 bits per heavy atom. The fourth-order valence-electron chi connectivity index (χ4n) is 3.35. The van der Waals surface area contributed by atoms with Crippen LogP contribution in [0, 0.1) is 6.92 Å². The molecule has 2 heterocycles. The zero-order valence-corrected chi connectivity index (χ0v) is 15.4. The van der Waals surface area contributed by atoms with Crippen LogP contribution in [0.4, 0.5) is 0 Å². The van der Waals surface area contributed by atoms with Crippen LogP contribution in [-0.2, 0) is 17.8 Å². The van der Waals surface area contributed by atoms with E-state index in [1.54, 1.807) is 13.4 Å². The summed E-state index contributed by atoms with van der Waals surface area (Å²) in [5.74, 6) is 1.64. The van der Waals surface area contributed by atoms with Gasteiger partial charge in [-0.05, 0) is 31.2 Å². The SMILES string of the molecule is COc1ccc2c(CC(=O)NCCn3c(C)nc4ccccc43)coc2c1. The molecule has 6 nitrogen and oxygen atoms in total. The van der Waals surface area contributed by atoms with Crippen LogP contribution in [-0.4, -0.2) is 29.1 Å². The summed E-state index contributed by atoms with van der Waals surface area (Å²) < 4.78 is 12.9. The molecule has 0 saturated heterocycles. The van der Waals surface area contributed by atoms with Crippen molar-refractivity contribution in [2.24, 2.45) is 0 Å². The number of para-hydroxylation sites is 2. The smallest absolute Gasteiger partial charge is 0.224 e. The quantitative estimate of drug-likeness (QED) is 0.570. The molecule has 0 spiro atoms. The minimum absolute atomic E-state index is 0.0319. The number of hydrogen-bond acceptors (Lipinski definition) is 4. The van der Waals surface area contributed by atoms with Gasteiger partial charge in [-0.3, -0.25) is 4.79 Å². The Bertz CT molecular complexity index is 1110. The summed E-state index contributed by atoms with van der Waals surface area (Å²) in [6, 6.07) is 13.6. The third kappa shape index (κ3) is 3.38. The molecule has 0 unspecified atom stereocenters. The number of methoxy groups -OCH3 is 1. The van der Waals surface area contributed by atoms with Crippen LogP contribution in [0.1, 0.15) is 11.4 Å². The first-order chi connectivity index (χ1) is 13.2. The van der Waals surface area contributed by atoms with Crippen molar-refractivity contribution in [2.75, 3.05) is 13.7 Å². The van der Waals surface area contributed by atoms with Crippen molar-refractivity contribution in [3.8, 4) is 5.75 Å². The number of hydrogen-bond donors (Lipinski definition) is 1. The van der Waals surface area contributed by atoms with E-state index in [0.29, 0.717) is 13.1 Å². The summed E-state index contributed by atoms with van der Waals surface area (Å²) in [5.41, 5.74) is 3.65. The molecule has 6 heteroatoms. The highest BCUT2D eigenvalue weighted by molar-refractivity contribution is 5.88. The second-order valence-electron chi connectivity index (χ2n) is 6.45. The van der Waals surface area contributed by atoms with Gasteiger partial charge < -0.3 is 19.0 Å². The van der Waals surface area contributed by atoms with Crippen molar-refractivity contribution in [1.29, 1.82) is 0 Å². The van der Waals surface area contributed by atoms with Gasteiger partial charge in [-0.15, -0.1) is 0 Å². The van der Waals surface area contributed by atoms with E-state index in [0.717, 1.165) is 39.1 Å². The Labute approximate surface area is 156 Å². The minimum Gasteiger partial charge on any atom is -0.497 e. The Kier molecular flexibility index (Phi) is 4.54. The fourth-order valence-corrected chi connectivity index (χ4v) is 3.35. The molecular weight excluding hydrogens is 342 g/mol. The molecule has 0 radical (unpaired) electrons. The second-order valence-corrected chi connectivity index (χ2v) is 6.45. The van der Waals surface area contributed by atoms with Crippen molar-refractivity contribution in [2.45, 2.75) is 19.9 Å².